The molecule has 1 unspecified atom stereocenters. The summed E-state index contributed by atoms with van der Waals surface area (Å²) in [5.74, 6) is -0.0439. The van der Waals surface area contributed by atoms with Gasteiger partial charge >= 0.3 is 0 Å². The fourth-order valence-corrected chi connectivity index (χ4v) is 2.87. The van der Waals surface area contributed by atoms with Gasteiger partial charge in [0.15, 0.2) is 0 Å². The smallest absolute Gasteiger partial charge is 0.292 e. The summed E-state index contributed by atoms with van der Waals surface area (Å²) in [6.45, 7) is 0.504. The van der Waals surface area contributed by atoms with E-state index < -0.39 is 0 Å². The summed E-state index contributed by atoms with van der Waals surface area (Å²) in [6, 6.07) is 12.0. The summed E-state index contributed by atoms with van der Waals surface area (Å²) < 4.78 is 5.13. The predicted octanol–water partition coefficient (Wildman–Crippen LogP) is 2.29. The molecule has 1 aliphatic rings. The van der Waals surface area contributed by atoms with Crippen molar-refractivity contribution in [2.24, 2.45) is 0 Å². The van der Waals surface area contributed by atoms with Crippen LogP contribution in [-0.4, -0.2) is 33.6 Å². The van der Waals surface area contributed by atoms with Gasteiger partial charge in [-0.1, -0.05) is 23.4 Å². The van der Waals surface area contributed by atoms with E-state index in [1.54, 1.807) is 24.5 Å². The van der Waals surface area contributed by atoms with Crippen molar-refractivity contribution in [3.8, 4) is 11.5 Å². The normalized spacial score (nSPS) is 15.9. The van der Waals surface area contributed by atoms with Crippen molar-refractivity contribution in [2.45, 2.75) is 18.9 Å². The third-order valence-corrected chi connectivity index (χ3v) is 4.19. The number of carbonyl (C=O) groups excluding carboxylic acids is 1. The topological polar surface area (TPSA) is 92.9 Å². The van der Waals surface area contributed by atoms with Crippen LogP contribution in [0.1, 0.15) is 22.6 Å². The Morgan fingerprint density at radius 2 is 2.20 bits per heavy atom. The fourth-order valence-electron chi connectivity index (χ4n) is 2.87. The van der Waals surface area contributed by atoms with E-state index in [0.29, 0.717) is 12.1 Å². The number of aromatic nitrogens is 3. The molecule has 25 heavy (non-hydrogen) atoms. The number of nitrogens with zero attached hydrogens (tertiary/aromatic N) is 3. The van der Waals surface area contributed by atoms with Crippen molar-refractivity contribution >= 4 is 11.6 Å². The van der Waals surface area contributed by atoms with Crippen LogP contribution in [0.15, 0.2) is 53.3 Å². The summed E-state index contributed by atoms with van der Waals surface area (Å²) in [5.41, 5.74) is 3.12. The zero-order chi connectivity index (χ0) is 17.1. The van der Waals surface area contributed by atoms with Crippen LogP contribution in [0.5, 0.6) is 0 Å². The highest BCUT2D eigenvalue weighted by atomic mass is 16.5. The van der Waals surface area contributed by atoms with Crippen molar-refractivity contribution in [3.05, 3.63) is 60.2 Å². The van der Waals surface area contributed by atoms with Gasteiger partial charge in [-0.05, 0) is 36.6 Å². The lowest BCUT2D eigenvalue weighted by atomic mass is 9.98. The minimum atomic E-state index is -0.348. The number of amides is 1. The lowest BCUT2D eigenvalue weighted by molar-refractivity contribution is 0.0938. The molecule has 0 aliphatic carbocycles. The van der Waals surface area contributed by atoms with Gasteiger partial charge in [0.25, 0.3) is 17.6 Å². The van der Waals surface area contributed by atoms with E-state index in [0.717, 1.165) is 18.5 Å². The van der Waals surface area contributed by atoms with E-state index in [1.807, 2.05) is 12.1 Å². The molecule has 0 spiro atoms. The molecule has 0 radical (unpaired) electrons. The molecule has 1 aromatic carbocycles. The highest BCUT2D eigenvalue weighted by Crippen LogP contribution is 2.23. The molecule has 0 saturated carbocycles. The Labute approximate surface area is 144 Å². The Bertz CT molecular complexity index is 878. The Kier molecular flexibility index (Phi) is 4.12. The van der Waals surface area contributed by atoms with E-state index in [2.05, 4.69) is 37.9 Å². The van der Waals surface area contributed by atoms with Gasteiger partial charge in [-0.3, -0.25) is 9.78 Å². The molecule has 2 aromatic heterocycles. The summed E-state index contributed by atoms with van der Waals surface area (Å²) in [4.78, 5) is 20.4. The second-order valence-electron chi connectivity index (χ2n) is 5.91. The zero-order valence-electron chi connectivity index (χ0n) is 13.5. The lowest BCUT2D eigenvalue weighted by Crippen LogP contribution is -2.38. The van der Waals surface area contributed by atoms with Crippen LogP contribution in [-0.2, 0) is 6.42 Å². The maximum absolute atomic E-state index is 12.2. The molecule has 0 saturated heterocycles. The maximum Gasteiger partial charge on any atom is 0.292 e. The van der Waals surface area contributed by atoms with Crippen LogP contribution in [0.2, 0.25) is 0 Å². The number of hydrogen-bond donors (Lipinski definition) is 2. The molecule has 2 N–H and O–H groups in total. The van der Waals surface area contributed by atoms with Crippen molar-refractivity contribution in [3.63, 3.8) is 0 Å². The number of fused-ring (bicyclic) bond motifs is 1. The SMILES string of the molecule is O=C(NCC1CCc2ccccc2N1)c1noc(-c2cccnc2)n1. The molecule has 0 fully saturated rings. The average Bonchev–Trinajstić information content (AvgIpc) is 3.17. The zero-order valence-corrected chi connectivity index (χ0v) is 13.5. The first kappa shape index (κ1) is 15.3. The highest BCUT2D eigenvalue weighted by Gasteiger charge is 2.20. The van der Waals surface area contributed by atoms with Crippen molar-refractivity contribution in [1.82, 2.24) is 20.4 Å². The number of pyridine rings is 1. The Balaban J connectivity index is 1.36. The standard InChI is InChI=1S/C18H17N5O2/c24-17(16-22-18(25-23-16)13-5-3-9-19-10-13)20-11-14-8-7-12-4-1-2-6-15(12)21-14/h1-6,9-10,14,21H,7-8,11H2,(H,20,24). The van der Waals surface area contributed by atoms with Crippen LogP contribution in [0.3, 0.4) is 0 Å². The van der Waals surface area contributed by atoms with Crippen molar-refractivity contribution in [1.29, 1.82) is 0 Å². The number of hydrogen-bond acceptors (Lipinski definition) is 6. The molecule has 1 amide bonds. The van der Waals surface area contributed by atoms with Crippen LogP contribution in [0.4, 0.5) is 5.69 Å². The summed E-state index contributed by atoms with van der Waals surface area (Å²) in [5, 5.41) is 10.1. The Morgan fingerprint density at radius 1 is 1.28 bits per heavy atom. The van der Waals surface area contributed by atoms with Crippen molar-refractivity contribution < 1.29 is 9.32 Å². The molecule has 7 nitrogen and oxygen atoms in total. The van der Waals surface area contributed by atoms with Gasteiger partial charge in [-0.25, -0.2) is 0 Å². The average molecular weight is 335 g/mol. The Hall–Kier alpha value is -3.22. The second kappa shape index (κ2) is 6.72. The van der Waals surface area contributed by atoms with Gasteiger partial charge in [0.05, 0.1) is 5.56 Å². The minimum Gasteiger partial charge on any atom is -0.380 e. The highest BCUT2D eigenvalue weighted by molar-refractivity contribution is 5.90. The number of para-hydroxylation sites is 1. The van der Waals surface area contributed by atoms with Crippen LogP contribution in [0.25, 0.3) is 11.5 Å². The summed E-state index contributed by atoms with van der Waals surface area (Å²) >= 11 is 0. The van der Waals surface area contributed by atoms with E-state index in [-0.39, 0.29) is 23.7 Å². The number of benzene rings is 1. The lowest BCUT2D eigenvalue weighted by Gasteiger charge is -2.27. The van der Waals surface area contributed by atoms with Crippen molar-refractivity contribution in [2.75, 3.05) is 11.9 Å². The second-order valence-corrected chi connectivity index (χ2v) is 5.91. The number of rotatable bonds is 4. The Morgan fingerprint density at radius 3 is 3.08 bits per heavy atom. The summed E-state index contributed by atoms with van der Waals surface area (Å²) in [6.07, 6.45) is 5.23. The molecular weight excluding hydrogens is 318 g/mol. The van der Waals surface area contributed by atoms with E-state index >= 15 is 0 Å². The van der Waals surface area contributed by atoms with Gasteiger partial charge in [-0.2, -0.15) is 4.98 Å². The first-order valence-electron chi connectivity index (χ1n) is 8.16. The molecule has 1 aliphatic heterocycles. The van der Waals surface area contributed by atoms with E-state index in [9.17, 15) is 4.79 Å². The van der Waals surface area contributed by atoms with Gasteiger partial charge in [0, 0.05) is 30.7 Å². The molecule has 3 heterocycles. The third-order valence-electron chi connectivity index (χ3n) is 4.19. The maximum atomic E-state index is 12.2. The van der Waals surface area contributed by atoms with Crippen LogP contribution < -0.4 is 10.6 Å². The van der Waals surface area contributed by atoms with Gasteiger partial charge in [0.2, 0.25) is 0 Å². The molecule has 1 atom stereocenters. The van der Waals surface area contributed by atoms with Gasteiger partial charge in [-0.15, -0.1) is 0 Å². The number of nitrogens with one attached hydrogen (secondary N) is 2. The fraction of sp³-hybridized carbons (Fsp3) is 0.222. The quantitative estimate of drug-likeness (QED) is 0.760. The first-order chi connectivity index (χ1) is 12.3. The first-order valence-corrected chi connectivity index (χ1v) is 8.16. The number of aryl methyl sites for hydroxylation is 1. The molecule has 126 valence electrons. The number of carbonyl (C=O) groups is 1. The molecule has 4 rings (SSSR count). The number of anilines is 1. The third kappa shape index (κ3) is 3.35. The van der Waals surface area contributed by atoms with Gasteiger partial charge in [0.1, 0.15) is 0 Å². The van der Waals surface area contributed by atoms with E-state index in [1.165, 1.54) is 5.56 Å². The minimum absolute atomic E-state index is 0.0232. The molecular formula is C18H17N5O2. The molecule has 7 heteroatoms. The van der Waals surface area contributed by atoms with E-state index in [4.69, 9.17) is 4.52 Å². The molecule has 0 bridgehead atoms. The van der Waals surface area contributed by atoms with Gasteiger partial charge < -0.3 is 15.2 Å². The van der Waals surface area contributed by atoms with Crippen LogP contribution in [0, 0.1) is 0 Å². The molecule has 3 aromatic rings. The largest absolute Gasteiger partial charge is 0.380 e. The van der Waals surface area contributed by atoms with Crippen LogP contribution >= 0.6 is 0 Å². The predicted molar refractivity (Wildman–Crippen MR) is 92.0 cm³/mol. The summed E-state index contributed by atoms with van der Waals surface area (Å²) in [7, 11) is 0. The monoisotopic (exact) mass is 335 g/mol.